The van der Waals surface area contributed by atoms with Crippen LogP contribution < -0.4 is 62.6 Å². The van der Waals surface area contributed by atoms with Crippen molar-refractivity contribution in [2.75, 3.05) is 134 Å². The molecule has 29 heteroatoms. The van der Waals surface area contributed by atoms with Gasteiger partial charge < -0.3 is 81.7 Å². The van der Waals surface area contributed by atoms with Crippen LogP contribution in [0.25, 0.3) is 34.2 Å². The molecular weight excluding hydrogens is 1290 g/mol. The number of ether oxygens (including phenoxy) is 3. The van der Waals surface area contributed by atoms with Gasteiger partial charge in [0.15, 0.2) is 17.5 Å². The van der Waals surface area contributed by atoms with Crippen molar-refractivity contribution in [3.63, 3.8) is 0 Å². The number of carbonyl (C=O) groups is 3. The molecule has 0 unspecified atom stereocenters. The Bertz CT molecular complexity index is 4070. The molecule has 0 bridgehead atoms. The summed E-state index contributed by atoms with van der Waals surface area (Å²) in [5.41, 5.74) is 17.4. The van der Waals surface area contributed by atoms with Crippen molar-refractivity contribution < 1.29 is 28.6 Å². The summed E-state index contributed by atoms with van der Waals surface area (Å²) in [6.45, 7) is 27.9. The third kappa shape index (κ3) is 17.9. The van der Waals surface area contributed by atoms with E-state index in [1.54, 1.807) is 17.3 Å². The second-order valence-electron chi connectivity index (χ2n) is 25.8. The Kier molecular flexibility index (Phi) is 25.0. The van der Waals surface area contributed by atoms with E-state index in [0.29, 0.717) is 127 Å². The minimum atomic E-state index is -0.499. The monoisotopic (exact) mass is 1390 g/mol. The smallest absolute Gasteiger partial charge is 0.319 e. The number of nitrogens with one attached hydrogen (secondary N) is 7. The third-order valence-electron chi connectivity index (χ3n) is 18.6. The summed E-state index contributed by atoms with van der Waals surface area (Å²) < 4.78 is 17.0. The van der Waals surface area contributed by atoms with Gasteiger partial charge in [0.05, 0.1) is 94.0 Å². The molecule has 9 N–H and O–H groups in total. The summed E-state index contributed by atoms with van der Waals surface area (Å²) in [7, 11) is 0. The SMILES string of the molecule is CCNC(=NC#N)Nc1ccc(-c2nc3c(c(N4CCOC[C@@H]4C)n2)CCN(c2ncccn2)C3)cc1.CCNC(=O)Nc1ccc(-c2nc3c(c(N4CCOC[C@@H]4C)n2)CCN(C(=O)[C@@H](N)CC)C3)cc1.CCNC(=O)Nc1ccc(-c2nc3c(c(N4CCOC[C@@H]4C)n2)CCN[C@H]3C)cc1. The number of fused-ring (bicyclic) bond motifs is 3. The van der Waals surface area contributed by atoms with Crippen LogP contribution in [0.3, 0.4) is 0 Å². The molecule has 5 amide bonds. The molecule has 3 saturated heterocycles. The number of urea groups is 2. The van der Waals surface area contributed by atoms with Crippen LogP contribution in [0.15, 0.2) is 96.2 Å². The van der Waals surface area contributed by atoms with E-state index in [2.05, 4.69) is 99.5 Å². The quantitative estimate of drug-likeness (QED) is 0.0281. The average molecular weight is 1390 g/mol. The molecule has 0 saturated carbocycles. The number of carbonyl (C=O) groups excluding carboxylic acids is 3. The molecule has 3 fully saturated rings. The van der Waals surface area contributed by atoms with Gasteiger partial charge in [-0.25, -0.2) is 49.5 Å². The maximum atomic E-state index is 12.8. The number of rotatable bonds is 15. The van der Waals surface area contributed by atoms with Crippen molar-refractivity contribution in [2.45, 2.75) is 124 Å². The lowest BCUT2D eigenvalue weighted by Crippen LogP contribution is -2.47. The maximum Gasteiger partial charge on any atom is 0.319 e. The van der Waals surface area contributed by atoms with Gasteiger partial charge in [-0.15, -0.1) is 4.99 Å². The molecule has 10 heterocycles. The number of amides is 5. The Balaban J connectivity index is 0.000000155. The molecule has 5 atom stereocenters. The van der Waals surface area contributed by atoms with E-state index in [1.165, 1.54) is 11.1 Å². The maximum absolute atomic E-state index is 12.8. The number of nitriles is 1. The summed E-state index contributed by atoms with van der Waals surface area (Å²) in [6, 6.07) is 24.7. The van der Waals surface area contributed by atoms with Crippen molar-refractivity contribution in [3.05, 3.63) is 125 Å². The largest absolute Gasteiger partial charge is 0.377 e. The molecule has 29 nitrogen and oxygen atoms in total. The van der Waals surface area contributed by atoms with Crippen LogP contribution in [-0.2, 0) is 51.4 Å². The molecule has 0 aliphatic carbocycles. The summed E-state index contributed by atoms with van der Waals surface area (Å²) in [4.78, 5) is 90.0. The standard InChI is InChI=1S/C26H30N10O.C25H35N7O3.C22H30N6O2/c1-3-28-25(31-17-27)32-20-7-5-19(6-8-20)23-33-22-15-35(26-29-10-4-11-30-26)12-9-21(22)24(34-23)36-13-14-37-16-18(36)2;1-4-20(26)24(33)31-11-10-19-21(14-31)29-22(30-23(19)32-12-13-35-15-16(32)3)17-6-8-18(9-7-17)28-25(34)27-5-2;1-4-23-22(29)25-17-7-5-16(6-8-17)20-26-19-15(3)24-10-9-18(19)21(27-20)28-11-12-30-13-14(28)2/h4-8,10-11,18H,3,9,12-16H2,1-2H3,(H2,28,31,32);6-9,16,20H,4-5,10-15,26H2,1-3H3,(H2,27,28,34);5-8,14-15,24H,4,9-13H2,1-3H3,(H2,23,25,29)/t18-;16-,20-;14-,15-/m000/s1. The third-order valence-corrected chi connectivity index (χ3v) is 18.6. The van der Waals surface area contributed by atoms with Gasteiger partial charge in [0.2, 0.25) is 24.0 Å². The van der Waals surface area contributed by atoms with Gasteiger partial charge in [-0.05, 0) is 160 Å². The van der Waals surface area contributed by atoms with Gasteiger partial charge in [0.1, 0.15) is 17.5 Å². The van der Waals surface area contributed by atoms with Crippen LogP contribution in [0.1, 0.15) is 102 Å². The van der Waals surface area contributed by atoms with Gasteiger partial charge in [-0.2, -0.15) is 5.26 Å². The van der Waals surface area contributed by atoms with Gasteiger partial charge in [-0.3, -0.25) is 4.79 Å². The Morgan fingerprint density at radius 3 is 1.49 bits per heavy atom. The predicted octanol–water partition coefficient (Wildman–Crippen LogP) is 7.43. The highest BCUT2D eigenvalue weighted by Crippen LogP contribution is 2.37. The van der Waals surface area contributed by atoms with Crippen LogP contribution >= 0.6 is 0 Å². The highest BCUT2D eigenvalue weighted by atomic mass is 16.5. The first kappa shape index (κ1) is 73.0. The molecule has 538 valence electrons. The van der Waals surface area contributed by atoms with Crippen LogP contribution in [-0.4, -0.2) is 191 Å². The fraction of sp³-hybridized carbons (Fsp3) is 0.466. The molecule has 13 rings (SSSR count). The van der Waals surface area contributed by atoms with Crippen LogP contribution in [0, 0.1) is 11.5 Å². The normalized spacial score (nSPS) is 19.0. The summed E-state index contributed by atoms with van der Waals surface area (Å²) in [5, 5.41) is 29.7. The van der Waals surface area contributed by atoms with Gasteiger partial charge in [0, 0.05) is 121 Å². The number of hydrogen-bond acceptors (Lipinski definition) is 22. The summed E-state index contributed by atoms with van der Waals surface area (Å²) in [6.07, 6.45) is 8.38. The highest BCUT2D eigenvalue weighted by Gasteiger charge is 2.34. The number of morpholine rings is 3. The number of anilines is 7. The first-order chi connectivity index (χ1) is 49.6. The van der Waals surface area contributed by atoms with Crippen LogP contribution in [0.4, 0.5) is 50.1 Å². The van der Waals surface area contributed by atoms with E-state index in [4.69, 9.17) is 55.1 Å². The van der Waals surface area contributed by atoms with E-state index in [9.17, 15) is 14.4 Å². The molecule has 0 radical (unpaired) electrons. The van der Waals surface area contributed by atoms with Crippen LogP contribution in [0.5, 0.6) is 0 Å². The fourth-order valence-electron chi connectivity index (χ4n) is 13.1. The zero-order valence-corrected chi connectivity index (χ0v) is 59.6. The van der Waals surface area contributed by atoms with E-state index in [0.717, 1.165) is 114 Å². The number of guanidine groups is 1. The Morgan fingerprint density at radius 2 is 1.03 bits per heavy atom. The van der Waals surface area contributed by atoms with Crippen molar-refractivity contribution in [3.8, 4) is 40.4 Å². The van der Waals surface area contributed by atoms with E-state index in [1.807, 2.05) is 113 Å². The predicted molar refractivity (Wildman–Crippen MR) is 395 cm³/mol. The second-order valence-corrected chi connectivity index (χ2v) is 25.8. The van der Waals surface area contributed by atoms with Crippen LogP contribution in [0.2, 0.25) is 0 Å². The van der Waals surface area contributed by atoms with E-state index < -0.39 is 6.04 Å². The average Bonchev–Trinajstić information content (AvgIpc) is 0.776. The lowest BCUT2D eigenvalue weighted by molar-refractivity contribution is -0.133. The summed E-state index contributed by atoms with van der Waals surface area (Å²) >= 11 is 0. The first-order valence-corrected chi connectivity index (χ1v) is 35.6. The molecule has 3 aromatic carbocycles. The minimum Gasteiger partial charge on any atom is -0.377 e. The van der Waals surface area contributed by atoms with Crippen molar-refractivity contribution in [1.82, 2.24) is 66.0 Å². The Morgan fingerprint density at radius 1 is 0.578 bits per heavy atom. The van der Waals surface area contributed by atoms with Crippen molar-refractivity contribution in [2.24, 2.45) is 10.7 Å². The highest BCUT2D eigenvalue weighted by molar-refractivity contribution is 5.94. The van der Waals surface area contributed by atoms with E-state index >= 15 is 0 Å². The second kappa shape index (κ2) is 34.9. The lowest BCUT2D eigenvalue weighted by atomic mass is 9.99. The van der Waals surface area contributed by atoms with Gasteiger partial charge in [0.25, 0.3) is 0 Å². The van der Waals surface area contributed by atoms with Gasteiger partial charge >= 0.3 is 12.1 Å². The zero-order valence-electron chi connectivity index (χ0n) is 59.6. The number of benzene rings is 3. The number of nitrogens with zero attached hydrogens (tertiary/aromatic N) is 15. The van der Waals surface area contributed by atoms with Crippen molar-refractivity contribution in [1.29, 1.82) is 5.26 Å². The first-order valence-electron chi connectivity index (χ1n) is 35.6. The fourth-order valence-corrected chi connectivity index (χ4v) is 13.1. The molecular formula is C73H95N23O6. The Hall–Kier alpha value is -10.3. The number of aliphatic imine (C=N–C) groups is 1. The molecule has 4 aromatic heterocycles. The van der Waals surface area contributed by atoms with Crippen molar-refractivity contribution >= 4 is 64.4 Å². The molecule has 102 heavy (non-hydrogen) atoms. The lowest BCUT2D eigenvalue weighted by Gasteiger charge is -2.38. The molecule has 6 aliphatic heterocycles. The number of nitrogens with two attached hydrogens (primary N) is 1. The van der Waals surface area contributed by atoms with Gasteiger partial charge in [-0.1, -0.05) is 6.92 Å². The Labute approximate surface area is 596 Å². The molecule has 7 aromatic rings. The van der Waals surface area contributed by atoms with E-state index in [-0.39, 0.29) is 42.1 Å². The zero-order chi connectivity index (χ0) is 71.7. The number of aromatic nitrogens is 8. The number of hydrogen-bond donors (Lipinski definition) is 8. The minimum absolute atomic E-state index is 0.0413. The summed E-state index contributed by atoms with van der Waals surface area (Å²) in [5.74, 6) is 5.99. The molecule has 0 spiro atoms. The molecule has 6 aliphatic rings. The topological polar surface area (TPSA) is 345 Å².